The van der Waals surface area contributed by atoms with Crippen molar-refractivity contribution in [1.82, 2.24) is 10.3 Å². The van der Waals surface area contributed by atoms with Crippen molar-refractivity contribution in [1.29, 1.82) is 0 Å². The minimum atomic E-state index is -0.753. The number of carboxylic acids is 1. The number of carbonyl (C=O) groups is 2. The molecule has 118 valence electrons. The van der Waals surface area contributed by atoms with Crippen LogP contribution in [0.2, 0.25) is 0 Å². The highest BCUT2D eigenvalue weighted by atomic mass is 32.1. The predicted molar refractivity (Wildman–Crippen MR) is 83.9 cm³/mol. The molecular weight excluding hydrogens is 290 g/mol. The minimum absolute atomic E-state index is 0.218. The molecular formula is C14H23N3O3S. The highest BCUT2D eigenvalue weighted by Crippen LogP contribution is 2.21. The Hall–Kier alpha value is -1.63. The molecule has 0 unspecified atom stereocenters. The van der Waals surface area contributed by atoms with Crippen molar-refractivity contribution in [2.24, 2.45) is 0 Å². The van der Waals surface area contributed by atoms with Gasteiger partial charge in [0.25, 0.3) is 0 Å². The molecule has 0 aliphatic heterocycles. The van der Waals surface area contributed by atoms with Gasteiger partial charge < -0.3 is 10.4 Å². The number of unbranched alkanes of at least 4 members (excludes halogenated alkanes) is 3. The number of urea groups is 1. The van der Waals surface area contributed by atoms with Gasteiger partial charge in [0.2, 0.25) is 0 Å². The Morgan fingerprint density at radius 2 is 2.00 bits per heavy atom. The van der Waals surface area contributed by atoms with Gasteiger partial charge in [-0.1, -0.05) is 26.7 Å². The van der Waals surface area contributed by atoms with Gasteiger partial charge in [0, 0.05) is 18.3 Å². The van der Waals surface area contributed by atoms with Crippen molar-refractivity contribution in [3.63, 3.8) is 0 Å². The second kappa shape index (κ2) is 9.33. The Balaban J connectivity index is 2.09. The first-order valence-corrected chi connectivity index (χ1v) is 8.09. The predicted octanol–water partition coefficient (Wildman–Crippen LogP) is 3.42. The monoisotopic (exact) mass is 313 g/mol. The molecule has 0 spiro atoms. The summed E-state index contributed by atoms with van der Waals surface area (Å²) in [7, 11) is 0. The summed E-state index contributed by atoms with van der Waals surface area (Å²) in [5, 5.41) is 16.5. The van der Waals surface area contributed by atoms with Crippen LogP contribution in [-0.4, -0.2) is 28.6 Å². The Bertz CT molecular complexity index is 460. The maximum Gasteiger partial charge on any atom is 0.321 e. The van der Waals surface area contributed by atoms with Gasteiger partial charge in [-0.3, -0.25) is 10.1 Å². The average Bonchev–Trinajstić information content (AvgIpc) is 2.86. The first-order chi connectivity index (χ1) is 9.99. The third-order valence-corrected chi connectivity index (χ3v) is 3.71. The van der Waals surface area contributed by atoms with Crippen molar-refractivity contribution in [3.05, 3.63) is 11.1 Å². The van der Waals surface area contributed by atoms with E-state index in [0.29, 0.717) is 24.0 Å². The van der Waals surface area contributed by atoms with E-state index >= 15 is 0 Å². The van der Waals surface area contributed by atoms with Gasteiger partial charge in [-0.15, -0.1) is 11.3 Å². The lowest BCUT2D eigenvalue weighted by molar-refractivity contribution is -0.137. The van der Waals surface area contributed by atoms with E-state index < -0.39 is 5.97 Å². The maximum absolute atomic E-state index is 11.6. The van der Waals surface area contributed by atoms with E-state index in [2.05, 4.69) is 29.5 Å². The molecule has 0 saturated carbocycles. The fourth-order valence-corrected chi connectivity index (χ4v) is 2.57. The molecule has 0 fully saturated rings. The molecule has 0 saturated heterocycles. The van der Waals surface area contributed by atoms with Crippen molar-refractivity contribution in [2.75, 3.05) is 11.9 Å². The molecule has 1 aromatic heterocycles. The van der Waals surface area contributed by atoms with Gasteiger partial charge in [-0.05, 0) is 18.8 Å². The van der Waals surface area contributed by atoms with Crippen molar-refractivity contribution in [3.8, 4) is 0 Å². The van der Waals surface area contributed by atoms with Crippen molar-refractivity contribution < 1.29 is 14.7 Å². The van der Waals surface area contributed by atoms with Crippen LogP contribution in [0.3, 0.4) is 0 Å². The van der Waals surface area contributed by atoms with E-state index in [1.54, 1.807) is 0 Å². The van der Waals surface area contributed by atoms with E-state index in [-0.39, 0.29) is 12.5 Å². The van der Waals surface area contributed by atoms with Gasteiger partial charge in [-0.25, -0.2) is 9.78 Å². The Morgan fingerprint density at radius 1 is 1.29 bits per heavy atom. The number of thiazole rings is 1. The molecule has 2 amide bonds. The first-order valence-electron chi connectivity index (χ1n) is 7.21. The molecule has 0 bridgehead atoms. The normalized spacial score (nSPS) is 10.6. The summed E-state index contributed by atoms with van der Waals surface area (Å²) >= 11 is 1.42. The molecule has 0 atom stereocenters. The zero-order valence-corrected chi connectivity index (χ0v) is 13.3. The Kier molecular flexibility index (Phi) is 7.74. The van der Waals surface area contributed by atoms with Crippen LogP contribution in [0.15, 0.2) is 5.38 Å². The van der Waals surface area contributed by atoms with E-state index in [0.717, 1.165) is 25.0 Å². The van der Waals surface area contributed by atoms with Gasteiger partial charge in [0.1, 0.15) is 0 Å². The molecule has 1 aromatic rings. The number of nitrogens with one attached hydrogen (secondary N) is 2. The average molecular weight is 313 g/mol. The van der Waals surface area contributed by atoms with Crippen LogP contribution in [0.5, 0.6) is 0 Å². The third kappa shape index (κ3) is 7.65. The van der Waals surface area contributed by atoms with Crippen LogP contribution in [0.25, 0.3) is 0 Å². The molecule has 1 heterocycles. The number of carboxylic acid groups (broad SMARTS) is 1. The summed E-state index contributed by atoms with van der Waals surface area (Å²) < 4.78 is 0. The smallest absolute Gasteiger partial charge is 0.321 e. The van der Waals surface area contributed by atoms with Crippen molar-refractivity contribution in [2.45, 2.75) is 51.9 Å². The fourth-order valence-electron chi connectivity index (χ4n) is 1.71. The number of hydrogen-bond donors (Lipinski definition) is 3. The van der Waals surface area contributed by atoms with Crippen LogP contribution in [0.1, 0.15) is 57.6 Å². The van der Waals surface area contributed by atoms with Gasteiger partial charge >= 0.3 is 12.0 Å². The molecule has 0 radical (unpaired) electrons. The summed E-state index contributed by atoms with van der Waals surface area (Å²) in [4.78, 5) is 26.3. The zero-order valence-electron chi connectivity index (χ0n) is 12.5. The largest absolute Gasteiger partial charge is 0.481 e. The minimum Gasteiger partial charge on any atom is -0.481 e. The lowest BCUT2D eigenvalue weighted by atomic mass is 10.1. The van der Waals surface area contributed by atoms with Crippen molar-refractivity contribution >= 4 is 28.5 Å². The lowest BCUT2D eigenvalue weighted by Crippen LogP contribution is -2.29. The van der Waals surface area contributed by atoms with Crippen LogP contribution in [-0.2, 0) is 4.79 Å². The number of aromatic nitrogens is 1. The van der Waals surface area contributed by atoms with Crippen LogP contribution >= 0.6 is 11.3 Å². The lowest BCUT2D eigenvalue weighted by Gasteiger charge is -2.05. The molecule has 3 N–H and O–H groups in total. The summed E-state index contributed by atoms with van der Waals surface area (Å²) in [5.74, 6) is -0.401. The number of anilines is 1. The number of nitrogens with zero attached hydrogens (tertiary/aromatic N) is 1. The number of aliphatic carboxylic acids is 1. The highest BCUT2D eigenvalue weighted by molar-refractivity contribution is 7.13. The van der Waals surface area contributed by atoms with E-state index in [1.165, 1.54) is 11.3 Å². The maximum atomic E-state index is 11.6. The molecule has 6 nitrogen and oxygen atoms in total. The quantitative estimate of drug-likeness (QED) is 0.609. The fraction of sp³-hybridized carbons (Fsp3) is 0.643. The Labute approximate surface area is 129 Å². The summed E-state index contributed by atoms with van der Waals surface area (Å²) in [6.45, 7) is 4.70. The van der Waals surface area contributed by atoms with E-state index in [9.17, 15) is 9.59 Å². The number of carbonyl (C=O) groups excluding carboxylic acids is 1. The first kappa shape index (κ1) is 17.4. The summed E-state index contributed by atoms with van der Waals surface area (Å²) in [5.41, 5.74) is 0.980. The summed E-state index contributed by atoms with van der Waals surface area (Å²) in [6.07, 6.45) is 3.55. The second-order valence-electron chi connectivity index (χ2n) is 5.17. The molecule has 1 rings (SSSR count). The Morgan fingerprint density at radius 3 is 2.62 bits per heavy atom. The third-order valence-electron chi connectivity index (χ3n) is 2.94. The molecule has 0 aliphatic carbocycles. The van der Waals surface area contributed by atoms with Crippen LogP contribution < -0.4 is 10.6 Å². The van der Waals surface area contributed by atoms with E-state index in [1.807, 2.05) is 5.38 Å². The van der Waals surface area contributed by atoms with Crippen LogP contribution in [0.4, 0.5) is 9.93 Å². The molecule has 0 aromatic carbocycles. The van der Waals surface area contributed by atoms with E-state index in [4.69, 9.17) is 5.11 Å². The number of amides is 2. The molecule has 7 heteroatoms. The zero-order chi connectivity index (χ0) is 15.7. The van der Waals surface area contributed by atoms with Gasteiger partial charge in [0.05, 0.1) is 5.69 Å². The standard InChI is InChI=1S/C14H23N3O3S/c1-10(2)11-9-21-14(16-11)17-13(20)15-8-6-4-3-5-7-12(18)19/h9-10H,3-8H2,1-2H3,(H,18,19)(H2,15,16,17,20). The molecule has 21 heavy (non-hydrogen) atoms. The van der Waals surface area contributed by atoms with Gasteiger partial charge in [-0.2, -0.15) is 0 Å². The SMILES string of the molecule is CC(C)c1csc(NC(=O)NCCCCCCC(=O)O)n1. The molecule has 0 aliphatic rings. The summed E-state index contributed by atoms with van der Waals surface area (Å²) in [6, 6.07) is -0.245. The van der Waals surface area contributed by atoms with Crippen LogP contribution in [0, 0.1) is 0 Å². The highest BCUT2D eigenvalue weighted by Gasteiger charge is 2.08. The number of rotatable bonds is 9. The topological polar surface area (TPSA) is 91.3 Å². The van der Waals surface area contributed by atoms with Gasteiger partial charge in [0.15, 0.2) is 5.13 Å². The number of hydrogen-bond acceptors (Lipinski definition) is 4. The second-order valence-corrected chi connectivity index (χ2v) is 6.03.